The van der Waals surface area contributed by atoms with Gasteiger partial charge in [0, 0.05) is 19.2 Å². The van der Waals surface area contributed by atoms with E-state index in [1.165, 1.54) is 17.3 Å². The second-order valence-electron chi connectivity index (χ2n) is 7.19. The van der Waals surface area contributed by atoms with E-state index in [0.29, 0.717) is 17.2 Å². The van der Waals surface area contributed by atoms with Gasteiger partial charge in [0.1, 0.15) is 11.5 Å². The van der Waals surface area contributed by atoms with Crippen molar-refractivity contribution in [2.24, 2.45) is 7.05 Å². The molecule has 0 fully saturated rings. The number of nitrogens with one attached hydrogen (secondary N) is 2. The van der Waals surface area contributed by atoms with E-state index >= 15 is 0 Å². The Hall–Kier alpha value is -2.71. The number of nitrogens with zero attached hydrogens (tertiary/aromatic N) is 3. The highest BCUT2D eigenvalue weighted by Crippen LogP contribution is 2.27. The largest absolute Gasteiger partial charge is 0.367 e. The molecule has 2 aromatic heterocycles. The molecule has 7 nitrogen and oxygen atoms in total. The Balaban J connectivity index is 1.46. The third kappa shape index (κ3) is 3.53. The van der Waals surface area contributed by atoms with Crippen LogP contribution in [0, 0.1) is 13.8 Å². The molecule has 1 aliphatic carbocycles. The summed E-state index contributed by atoms with van der Waals surface area (Å²) in [6.07, 6.45) is 3.36. The first-order valence-corrected chi connectivity index (χ1v) is 10.7. The van der Waals surface area contributed by atoms with Crippen LogP contribution in [-0.4, -0.2) is 25.4 Å². The lowest BCUT2D eigenvalue weighted by molar-refractivity contribution is 0.502. The number of hydrogen-bond donors (Lipinski definition) is 3. The van der Waals surface area contributed by atoms with Gasteiger partial charge < -0.3 is 5.32 Å². The van der Waals surface area contributed by atoms with Crippen LogP contribution < -0.4 is 10.0 Å². The number of fused-ring (bicyclic) bond motifs is 1. The first-order chi connectivity index (χ1) is 13.3. The number of pyridine rings is 1. The predicted octanol–water partition coefficient (Wildman–Crippen LogP) is 3.37. The molecule has 28 heavy (non-hydrogen) atoms. The minimum atomic E-state index is -3.48. The first-order valence-electron chi connectivity index (χ1n) is 9.17. The number of hydrogen-bond acceptors (Lipinski definition) is 4. The normalized spacial score (nSPS) is 15.9. The van der Waals surface area contributed by atoms with Gasteiger partial charge in [0.25, 0.3) is 0 Å². The molecule has 0 saturated carbocycles. The van der Waals surface area contributed by atoms with Gasteiger partial charge >= 0.3 is 10.4 Å². The molecule has 0 aliphatic heterocycles. The minimum Gasteiger partial charge on any atom is -0.367 e. The molecule has 3 aromatic rings. The van der Waals surface area contributed by atoms with E-state index in [1.807, 2.05) is 6.92 Å². The molecule has 0 spiro atoms. The zero-order valence-electron chi connectivity index (χ0n) is 16.1. The van der Waals surface area contributed by atoms with Crippen molar-refractivity contribution < 1.29 is 8.76 Å². The average Bonchev–Trinajstić information content (AvgIpc) is 3.17. The van der Waals surface area contributed by atoms with Crippen LogP contribution in [0.15, 0.2) is 47.5 Å². The molecule has 0 saturated heterocycles. The van der Waals surface area contributed by atoms with Crippen molar-refractivity contribution in [1.29, 1.82) is 0 Å². The molecular weight excluding hydrogens is 374 g/mol. The summed E-state index contributed by atoms with van der Waals surface area (Å²) in [4.78, 5) is 4.58. The quantitative estimate of drug-likeness (QED) is 0.573. The molecule has 1 aliphatic rings. The van der Waals surface area contributed by atoms with Crippen LogP contribution >= 0.6 is 0 Å². The van der Waals surface area contributed by atoms with Gasteiger partial charge in [0.2, 0.25) is 4.90 Å². The van der Waals surface area contributed by atoms with E-state index in [4.69, 9.17) is 0 Å². The van der Waals surface area contributed by atoms with E-state index < -0.39 is 10.4 Å². The predicted molar refractivity (Wildman–Crippen MR) is 111 cm³/mol. The number of aromatic nitrogens is 3. The summed E-state index contributed by atoms with van der Waals surface area (Å²) in [6.45, 7) is 3.65. The van der Waals surface area contributed by atoms with Gasteiger partial charge in [-0.15, -0.1) is 0 Å². The van der Waals surface area contributed by atoms with Gasteiger partial charge in [-0.3, -0.25) is 4.68 Å². The monoisotopic (exact) mass is 398 g/mol. The van der Waals surface area contributed by atoms with Crippen molar-refractivity contribution in [3.63, 3.8) is 0 Å². The fourth-order valence-electron chi connectivity index (χ4n) is 3.62. The molecule has 3 N–H and O–H groups in total. The summed E-state index contributed by atoms with van der Waals surface area (Å²) in [7, 11) is -1.67. The smallest absolute Gasteiger partial charge is 0.347 e. The van der Waals surface area contributed by atoms with E-state index in [0.717, 1.165) is 18.5 Å². The molecule has 4 rings (SSSR count). The molecule has 1 aromatic carbocycles. The van der Waals surface area contributed by atoms with Crippen LogP contribution in [0.1, 0.15) is 22.5 Å². The first kappa shape index (κ1) is 18.6. The molecular formula is C20H24N5O2S+. The van der Waals surface area contributed by atoms with Gasteiger partial charge in [-0.1, -0.05) is 24.3 Å². The van der Waals surface area contributed by atoms with E-state index in [2.05, 4.69) is 44.4 Å². The number of benzene rings is 1. The van der Waals surface area contributed by atoms with Crippen LogP contribution in [0.3, 0.4) is 0 Å². The summed E-state index contributed by atoms with van der Waals surface area (Å²) in [5.41, 5.74) is 4.77. The highest BCUT2D eigenvalue weighted by Gasteiger charge is 2.32. The zero-order chi connectivity index (χ0) is 19.9. The maximum absolute atomic E-state index is 12.8. The van der Waals surface area contributed by atoms with Crippen LogP contribution in [0.4, 0.5) is 11.5 Å². The second kappa shape index (κ2) is 7.03. The summed E-state index contributed by atoms with van der Waals surface area (Å²) in [6, 6.07) is 12.1. The Labute approximate surface area is 165 Å². The van der Waals surface area contributed by atoms with Gasteiger partial charge in [-0.05, 0) is 48.1 Å². The number of anilines is 2. The van der Waals surface area contributed by atoms with Crippen LogP contribution in [0.2, 0.25) is 0 Å². The van der Waals surface area contributed by atoms with Crippen molar-refractivity contribution in [2.45, 2.75) is 37.6 Å². The standard InChI is InChI=1S/C20H23N5O2S/c1-13-20(14(2)25(3)23-13)24-28(26,27)18-8-9-19(21-12-18)22-17-10-15-6-4-5-7-16(15)11-17/h4-9,12,17H,10-11H2,1-3H3,(H2-,21,22,24,26,27)/p+1. The molecule has 1 atom stereocenters. The van der Waals surface area contributed by atoms with Gasteiger partial charge in [0.15, 0.2) is 0 Å². The Morgan fingerprint density at radius 2 is 1.82 bits per heavy atom. The van der Waals surface area contributed by atoms with Crippen molar-refractivity contribution in [3.8, 4) is 0 Å². The molecule has 0 radical (unpaired) electrons. The summed E-state index contributed by atoms with van der Waals surface area (Å²) in [5, 5.41) is 7.69. The van der Waals surface area contributed by atoms with E-state index in [9.17, 15) is 8.76 Å². The third-order valence-electron chi connectivity index (χ3n) is 5.21. The van der Waals surface area contributed by atoms with Gasteiger partial charge in [-0.2, -0.15) is 14.4 Å². The lowest BCUT2D eigenvalue weighted by Gasteiger charge is -2.13. The topological polar surface area (TPSA) is 92.1 Å². The maximum atomic E-state index is 12.8. The highest BCUT2D eigenvalue weighted by atomic mass is 32.3. The van der Waals surface area contributed by atoms with Crippen LogP contribution in [0.5, 0.6) is 0 Å². The number of rotatable bonds is 5. The Morgan fingerprint density at radius 1 is 1.14 bits per heavy atom. The molecule has 0 amide bonds. The Morgan fingerprint density at radius 3 is 2.36 bits per heavy atom. The van der Waals surface area contributed by atoms with Gasteiger partial charge in [-0.25, -0.2) is 4.98 Å². The lowest BCUT2D eigenvalue weighted by atomic mass is 10.1. The lowest BCUT2D eigenvalue weighted by Crippen LogP contribution is -2.23. The molecule has 1 unspecified atom stereocenters. The molecule has 146 valence electrons. The van der Waals surface area contributed by atoms with Crippen molar-refractivity contribution in [2.75, 3.05) is 10.0 Å². The molecule has 8 heteroatoms. The average molecular weight is 399 g/mol. The van der Waals surface area contributed by atoms with Crippen LogP contribution in [-0.2, 0) is 34.5 Å². The number of aryl methyl sites for hydroxylation is 2. The summed E-state index contributed by atoms with van der Waals surface area (Å²) in [5.74, 6) is 0.700. The maximum Gasteiger partial charge on any atom is 0.347 e. The summed E-state index contributed by atoms with van der Waals surface area (Å²) < 4.78 is 27.7. The Bertz CT molecular complexity index is 1040. The summed E-state index contributed by atoms with van der Waals surface area (Å²) >= 11 is 0. The van der Waals surface area contributed by atoms with Crippen molar-refractivity contribution in [1.82, 2.24) is 14.8 Å². The fraction of sp³-hybridized carbons (Fsp3) is 0.300. The van der Waals surface area contributed by atoms with Crippen LogP contribution in [0.25, 0.3) is 0 Å². The van der Waals surface area contributed by atoms with Gasteiger partial charge in [0.05, 0.1) is 17.6 Å². The third-order valence-corrected chi connectivity index (χ3v) is 6.57. The van der Waals surface area contributed by atoms with Crippen molar-refractivity contribution >= 4 is 21.9 Å². The minimum absolute atomic E-state index is 0.232. The fourth-order valence-corrected chi connectivity index (χ4v) is 4.76. The molecule has 2 heterocycles. The Kier molecular flexibility index (Phi) is 4.68. The SMILES string of the molecule is Cc1nn(C)c(C)c1N[S+](=O)(O)c1ccc(NC2Cc3ccccc3C2)nc1. The zero-order valence-corrected chi connectivity index (χ0v) is 17.0. The van der Waals surface area contributed by atoms with Crippen molar-refractivity contribution in [3.05, 3.63) is 65.1 Å². The van der Waals surface area contributed by atoms with E-state index in [-0.39, 0.29) is 10.9 Å². The highest BCUT2D eigenvalue weighted by molar-refractivity contribution is 7.99. The molecule has 0 bridgehead atoms. The van der Waals surface area contributed by atoms with E-state index in [1.54, 1.807) is 30.8 Å². The second-order valence-corrected chi connectivity index (χ2v) is 8.92.